The molecule has 2 rings (SSSR count). The smallest absolute Gasteiger partial charge is 0.240 e. The van der Waals surface area contributed by atoms with Gasteiger partial charge in [0.15, 0.2) is 0 Å². The van der Waals surface area contributed by atoms with Crippen LogP contribution in [0.1, 0.15) is 18.3 Å². The highest BCUT2D eigenvalue weighted by atomic mass is 35.5. The fourth-order valence-electron chi connectivity index (χ4n) is 1.65. The van der Waals surface area contributed by atoms with Gasteiger partial charge in [0.25, 0.3) is 0 Å². The number of aromatic nitrogens is 2. The van der Waals surface area contributed by atoms with Crippen molar-refractivity contribution in [2.24, 2.45) is 0 Å². The van der Waals surface area contributed by atoms with Crippen LogP contribution in [0.4, 0.5) is 0 Å². The Kier molecular flexibility index (Phi) is 2.46. The average molecular weight is 214 g/mol. The molecule has 14 heavy (non-hydrogen) atoms. The number of hydrogen-bond donors (Lipinski definition) is 1. The largest absolute Gasteiger partial charge is 0.347 e. The molecule has 0 spiro atoms. The molecule has 1 aromatic heterocycles. The summed E-state index contributed by atoms with van der Waals surface area (Å²) in [7, 11) is 0. The van der Waals surface area contributed by atoms with E-state index in [0.717, 1.165) is 17.8 Å². The van der Waals surface area contributed by atoms with Gasteiger partial charge in [0, 0.05) is 13.0 Å². The molecule has 1 aromatic rings. The number of hydrogen-bond acceptors (Lipinski definition) is 2. The van der Waals surface area contributed by atoms with Crippen molar-refractivity contribution in [2.45, 2.75) is 25.3 Å². The van der Waals surface area contributed by atoms with E-state index in [0.29, 0.717) is 13.1 Å². The number of aromatic amines is 1. The van der Waals surface area contributed by atoms with Crippen LogP contribution in [-0.2, 0) is 17.8 Å². The molecule has 4 nitrogen and oxygen atoms in total. The molecule has 0 aliphatic carbocycles. The van der Waals surface area contributed by atoms with Crippen molar-refractivity contribution in [1.29, 1.82) is 0 Å². The molecule has 0 saturated heterocycles. The Balaban J connectivity index is 2.11. The lowest BCUT2D eigenvalue weighted by Crippen LogP contribution is -2.39. The number of nitrogens with one attached hydrogen (secondary N) is 1. The van der Waals surface area contributed by atoms with Gasteiger partial charge in [0.2, 0.25) is 5.91 Å². The molecule has 1 amide bonds. The van der Waals surface area contributed by atoms with E-state index in [4.69, 9.17) is 11.6 Å². The topological polar surface area (TPSA) is 49.0 Å². The molecule has 0 bridgehead atoms. The summed E-state index contributed by atoms with van der Waals surface area (Å²) in [6, 6.07) is 0. The molecule has 0 aromatic carbocycles. The number of alkyl halides is 1. The van der Waals surface area contributed by atoms with Crippen LogP contribution < -0.4 is 0 Å². The summed E-state index contributed by atoms with van der Waals surface area (Å²) in [5.41, 5.74) is 2.10. The second kappa shape index (κ2) is 3.61. The van der Waals surface area contributed by atoms with Crippen LogP contribution in [0.15, 0.2) is 6.33 Å². The molecule has 5 heteroatoms. The number of nitrogens with zero attached hydrogens (tertiary/aromatic N) is 2. The molecular weight excluding hydrogens is 202 g/mol. The summed E-state index contributed by atoms with van der Waals surface area (Å²) in [4.78, 5) is 20.6. The standard InChI is InChI=1S/C9H12ClN3O/c1-6(10)9(14)13-3-2-7-8(4-13)12-5-11-7/h5-6H,2-4H2,1H3,(H,11,12). The minimum absolute atomic E-state index is 0.00748. The maximum Gasteiger partial charge on any atom is 0.240 e. The Labute approximate surface area is 87.3 Å². The van der Waals surface area contributed by atoms with Gasteiger partial charge >= 0.3 is 0 Å². The minimum atomic E-state index is -0.445. The maximum absolute atomic E-state index is 11.6. The van der Waals surface area contributed by atoms with Crippen molar-refractivity contribution >= 4 is 17.5 Å². The normalized spacial score (nSPS) is 17.7. The van der Waals surface area contributed by atoms with E-state index < -0.39 is 5.38 Å². The Morgan fingerprint density at radius 3 is 3.29 bits per heavy atom. The average Bonchev–Trinajstić information content (AvgIpc) is 2.62. The van der Waals surface area contributed by atoms with E-state index in [1.54, 1.807) is 18.2 Å². The molecule has 76 valence electrons. The molecule has 1 unspecified atom stereocenters. The summed E-state index contributed by atoms with van der Waals surface area (Å²) >= 11 is 5.75. The highest BCUT2D eigenvalue weighted by Crippen LogP contribution is 2.16. The van der Waals surface area contributed by atoms with Gasteiger partial charge in [0.1, 0.15) is 5.38 Å². The predicted molar refractivity (Wildman–Crippen MR) is 53.0 cm³/mol. The summed E-state index contributed by atoms with van der Waals surface area (Å²) in [6.07, 6.45) is 2.48. The first kappa shape index (κ1) is 9.52. The van der Waals surface area contributed by atoms with Crippen molar-refractivity contribution in [1.82, 2.24) is 14.9 Å². The number of imidazole rings is 1. The van der Waals surface area contributed by atoms with Crippen LogP contribution in [0.25, 0.3) is 0 Å². The lowest BCUT2D eigenvalue weighted by atomic mass is 10.1. The van der Waals surface area contributed by atoms with Crippen LogP contribution >= 0.6 is 11.6 Å². The van der Waals surface area contributed by atoms with Crippen LogP contribution in [0.2, 0.25) is 0 Å². The van der Waals surface area contributed by atoms with Crippen LogP contribution in [0.5, 0.6) is 0 Å². The highest BCUT2D eigenvalue weighted by Gasteiger charge is 2.24. The first-order valence-corrected chi connectivity index (χ1v) is 5.06. The van der Waals surface area contributed by atoms with Crippen LogP contribution in [0, 0.1) is 0 Å². The van der Waals surface area contributed by atoms with E-state index in [2.05, 4.69) is 9.97 Å². The maximum atomic E-state index is 11.6. The molecule has 0 fully saturated rings. The van der Waals surface area contributed by atoms with E-state index in [-0.39, 0.29) is 5.91 Å². The van der Waals surface area contributed by atoms with Crippen LogP contribution in [-0.4, -0.2) is 32.7 Å². The van der Waals surface area contributed by atoms with Crippen molar-refractivity contribution in [3.8, 4) is 0 Å². The first-order chi connectivity index (χ1) is 6.68. The summed E-state index contributed by atoms with van der Waals surface area (Å²) in [6.45, 7) is 3.02. The fourth-order valence-corrected chi connectivity index (χ4v) is 1.79. The number of fused-ring (bicyclic) bond motifs is 1. The zero-order chi connectivity index (χ0) is 10.1. The molecule has 1 aliphatic rings. The van der Waals surface area contributed by atoms with Gasteiger partial charge in [-0.1, -0.05) is 0 Å². The predicted octanol–water partition coefficient (Wildman–Crippen LogP) is 0.922. The van der Waals surface area contributed by atoms with Crippen molar-refractivity contribution in [2.75, 3.05) is 6.54 Å². The van der Waals surface area contributed by atoms with Crippen LogP contribution in [0.3, 0.4) is 0 Å². The molecule has 1 aliphatic heterocycles. The van der Waals surface area contributed by atoms with Gasteiger partial charge in [-0.25, -0.2) is 4.98 Å². The molecule has 2 heterocycles. The van der Waals surface area contributed by atoms with E-state index in [9.17, 15) is 4.79 Å². The number of carbonyl (C=O) groups is 1. The summed E-state index contributed by atoms with van der Waals surface area (Å²) in [5.74, 6) is -0.00748. The monoisotopic (exact) mass is 213 g/mol. The third kappa shape index (κ3) is 1.62. The summed E-state index contributed by atoms with van der Waals surface area (Å²) < 4.78 is 0. The highest BCUT2D eigenvalue weighted by molar-refractivity contribution is 6.30. The number of amides is 1. The quantitative estimate of drug-likeness (QED) is 0.706. The number of halogens is 1. The molecule has 1 atom stereocenters. The Morgan fingerprint density at radius 1 is 1.79 bits per heavy atom. The number of H-pyrrole nitrogens is 1. The van der Waals surface area contributed by atoms with E-state index in [1.165, 1.54) is 0 Å². The second-order valence-corrected chi connectivity index (χ2v) is 4.11. The summed E-state index contributed by atoms with van der Waals surface area (Å²) in [5, 5.41) is -0.445. The van der Waals surface area contributed by atoms with Gasteiger partial charge in [0.05, 0.1) is 24.3 Å². The lowest BCUT2D eigenvalue weighted by Gasteiger charge is -2.27. The number of rotatable bonds is 1. The Morgan fingerprint density at radius 2 is 2.57 bits per heavy atom. The van der Waals surface area contributed by atoms with Gasteiger partial charge < -0.3 is 9.88 Å². The van der Waals surface area contributed by atoms with Crippen molar-refractivity contribution < 1.29 is 4.79 Å². The molecule has 1 N–H and O–H groups in total. The Bertz CT molecular complexity index is 348. The minimum Gasteiger partial charge on any atom is -0.347 e. The Hall–Kier alpha value is -1.03. The van der Waals surface area contributed by atoms with Gasteiger partial charge in [-0.15, -0.1) is 11.6 Å². The third-order valence-corrected chi connectivity index (χ3v) is 2.61. The van der Waals surface area contributed by atoms with Gasteiger partial charge in [-0.2, -0.15) is 0 Å². The van der Waals surface area contributed by atoms with Gasteiger partial charge in [-0.3, -0.25) is 4.79 Å². The molecule has 0 saturated carbocycles. The third-order valence-electron chi connectivity index (χ3n) is 2.43. The SMILES string of the molecule is CC(Cl)C(=O)N1CCc2nc[nH]c2C1. The van der Waals surface area contributed by atoms with Crippen molar-refractivity contribution in [3.05, 3.63) is 17.7 Å². The lowest BCUT2D eigenvalue weighted by molar-refractivity contribution is -0.131. The number of carbonyl (C=O) groups excluding carboxylic acids is 1. The van der Waals surface area contributed by atoms with E-state index in [1.807, 2.05) is 0 Å². The zero-order valence-electron chi connectivity index (χ0n) is 7.96. The first-order valence-electron chi connectivity index (χ1n) is 4.62. The van der Waals surface area contributed by atoms with Gasteiger partial charge in [-0.05, 0) is 6.92 Å². The second-order valence-electron chi connectivity index (χ2n) is 3.45. The van der Waals surface area contributed by atoms with E-state index >= 15 is 0 Å². The fraction of sp³-hybridized carbons (Fsp3) is 0.556. The zero-order valence-corrected chi connectivity index (χ0v) is 8.71. The molecular formula is C9H12ClN3O. The molecule has 0 radical (unpaired) electrons. The van der Waals surface area contributed by atoms with Crippen molar-refractivity contribution in [3.63, 3.8) is 0 Å².